The summed E-state index contributed by atoms with van der Waals surface area (Å²) >= 11 is 0. The Morgan fingerprint density at radius 3 is 2.47 bits per heavy atom. The number of rotatable bonds is 6. The molecule has 3 aromatic carbocycles. The fourth-order valence-electron chi connectivity index (χ4n) is 4.08. The molecule has 0 bridgehead atoms. The second kappa shape index (κ2) is 9.74. The van der Waals surface area contributed by atoms with E-state index in [9.17, 15) is 19.7 Å². The lowest BCUT2D eigenvalue weighted by Crippen LogP contribution is -2.35. The third kappa shape index (κ3) is 5.06. The van der Waals surface area contributed by atoms with Gasteiger partial charge in [-0.15, -0.1) is 0 Å². The van der Waals surface area contributed by atoms with E-state index < -0.39 is 10.8 Å². The van der Waals surface area contributed by atoms with E-state index in [-0.39, 0.29) is 23.2 Å². The first-order valence-corrected chi connectivity index (χ1v) is 11.1. The van der Waals surface area contributed by atoms with E-state index in [0.29, 0.717) is 17.8 Å². The van der Waals surface area contributed by atoms with Crippen LogP contribution in [0.1, 0.15) is 45.7 Å². The number of hydrogen-bond acceptors (Lipinski definition) is 5. The number of fused-ring (bicyclic) bond motifs is 1. The molecule has 0 fully saturated rings. The fourth-order valence-corrected chi connectivity index (χ4v) is 4.08. The van der Waals surface area contributed by atoms with E-state index in [2.05, 4.69) is 27.7 Å². The van der Waals surface area contributed by atoms with Crippen LogP contribution >= 0.6 is 0 Å². The van der Waals surface area contributed by atoms with Crippen molar-refractivity contribution >= 4 is 28.9 Å². The van der Waals surface area contributed by atoms with Crippen LogP contribution in [0.2, 0.25) is 0 Å². The Bertz CT molecular complexity index is 1260. The van der Waals surface area contributed by atoms with Crippen molar-refractivity contribution in [2.75, 3.05) is 16.8 Å². The molecule has 8 heteroatoms. The molecule has 34 heavy (non-hydrogen) atoms. The number of amides is 2. The average molecular weight is 459 g/mol. The highest BCUT2D eigenvalue weighted by atomic mass is 16.6. The topological polar surface area (TPSA) is 105 Å². The standard InChI is InChI=1S/C26H26N4O4/c1-17(2)27-26(32)23-15-21(28-25(31)19-8-5-9-22(14-19)30(33)34)10-11-24(23)29-13-12-18-6-3-4-7-20(18)16-29/h3-11,14-15,17H,12-13,16H2,1-2H3,(H,27,32)(H,28,31). The summed E-state index contributed by atoms with van der Waals surface area (Å²) in [5.41, 5.74) is 4.24. The minimum absolute atomic E-state index is 0.0504. The van der Waals surface area contributed by atoms with E-state index in [1.165, 1.54) is 35.4 Å². The molecule has 3 aromatic rings. The summed E-state index contributed by atoms with van der Waals surface area (Å²) in [5, 5.41) is 16.7. The molecule has 2 amide bonds. The van der Waals surface area contributed by atoms with Gasteiger partial charge in [0.25, 0.3) is 17.5 Å². The van der Waals surface area contributed by atoms with Gasteiger partial charge in [-0.2, -0.15) is 0 Å². The normalized spacial score (nSPS) is 12.7. The lowest BCUT2D eigenvalue weighted by molar-refractivity contribution is -0.384. The molecule has 1 aliphatic heterocycles. The van der Waals surface area contributed by atoms with Crippen LogP contribution in [0, 0.1) is 10.1 Å². The molecule has 8 nitrogen and oxygen atoms in total. The Balaban J connectivity index is 1.63. The second-order valence-electron chi connectivity index (χ2n) is 8.56. The van der Waals surface area contributed by atoms with Crippen molar-refractivity contribution in [1.82, 2.24) is 5.32 Å². The van der Waals surface area contributed by atoms with Gasteiger partial charge in [-0.05, 0) is 55.7 Å². The summed E-state index contributed by atoms with van der Waals surface area (Å²) in [4.78, 5) is 38.5. The first-order chi connectivity index (χ1) is 16.3. The highest BCUT2D eigenvalue weighted by molar-refractivity contribution is 6.06. The first-order valence-electron chi connectivity index (χ1n) is 11.1. The van der Waals surface area contributed by atoms with E-state index >= 15 is 0 Å². The molecule has 0 atom stereocenters. The Morgan fingerprint density at radius 1 is 0.971 bits per heavy atom. The van der Waals surface area contributed by atoms with Crippen molar-refractivity contribution in [2.24, 2.45) is 0 Å². The molecule has 2 N–H and O–H groups in total. The zero-order chi connectivity index (χ0) is 24.2. The number of carbonyl (C=O) groups is 2. The number of nitro groups is 1. The summed E-state index contributed by atoms with van der Waals surface area (Å²) in [5.74, 6) is -0.714. The van der Waals surface area contributed by atoms with Crippen LogP contribution in [-0.4, -0.2) is 29.3 Å². The number of hydrogen-bond donors (Lipinski definition) is 2. The summed E-state index contributed by atoms with van der Waals surface area (Å²) < 4.78 is 0. The monoisotopic (exact) mass is 458 g/mol. The maximum absolute atomic E-state index is 13.1. The van der Waals surface area contributed by atoms with Crippen LogP contribution in [0.4, 0.5) is 17.1 Å². The third-order valence-corrected chi connectivity index (χ3v) is 5.71. The second-order valence-corrected chi connectivity index (χ2v) is 8.56. The number of nitrogens with one attached hydrogen (secondary N) is 2. The third-order valence-electron chi connectivity index (χ3n) is 5.71. The molecule has 0 aromatic heterocycles. The van der Waals surface area contributed by atoms with Crippen molar-refractivity contribution in [3.8, 4) is 0 Å². The van der Waals surface area contributed by atoms with Crippen molar-refractivity contribution in [1.29, 1.82) is 0 Å². The predicted molar refractivity (Wildman–Crippen MR) is 131 cm³/mol. The van der Waals surface area contributed by atoms with Gasteiger partial charge in [0.2, 0.25) is 0 Å². The van der Waals surface area contributed by atoms with E-state index in [4.69, 9.17) is 0 Å². The van der Waals surface area contributed by atoms with Crippen molar-refractivity contribution in [3.63, 3.8) is 0 Å². The number of nitro benzene ring substituents is 1. The molecule has 0 unspecified atom stereocenters. The van der Waals surface area contributed by atoms with E-state index in [1.54, 1.807) is 12.1 Å². The summed E-state index contributed by atoms with van der Waals surface area (Å²) in [6, 6.07) is 19.0. The van der Waals surface area contributed by atoms with E-state index in [1.807, 2.05) is 32.0 Å². The van der Waals surface area contributed by atoms with Gasteiger partial charge in [0.1, 0.15) is 0 Å². The quantitative estimate of drug-likeness (QED) is 0.417. The smallest absolute Gasteiger partial charge is 0.270 e. The number of anilines is 2. The average Bonchev–Trinajstić information content (AvgIpc) is 2.83. The predicted octanol–water partition coefficient (Wildman–Crippen LogP) is 4.55. The first kappa shape index (κ1) is 23.0. The minimum atomic E-state index is -0.545. The lowest BCUT2D eigenvalue weighted by Gasteiger charge is -2.32. The zero-order valence-electron chi connectivity index (χ0n) is 19.1. The molecule has 0 saturated heterocycles. The molecule has 1 aliphatic rings. The molecule has 0 radical (unpaired) electrons. The summed E-state index contributed by atoms with van der Waals surface area (Å²) in [6.07, 6.45) is 0.882. The molecule has 4 rings (SSSR count). The van der Waals surface area contributed by atoms with Crippen LogP contribution in [0.5, 0.6) is 0 Å². The molecule has 1 heterocycles. The highest BCUT2D eigenvalue weighted by Crippen LogP contribution is 2.30. The van der Waals surface area contributed by atoms with Gasteiger partial charge in [0.05, 0.1) is 10.5 Å². The maximum Gasteiger partial charge on any atom is 0.270 e. The number of non-ortho nitro benzene ring substituents is 1. The van der Waals surface area contributed by atoms with Gasteiger partial charge in [0, 0.05) is 48.2 Å². The Kier molecular flexibility index (Phi) is 6.58. The van der Waals surface area contributed by atoms with Crippen LogP contribution in [0.3, 0.4) is 0 Å². The molecular weight excluding hydrogens is 432 g/mol. The molecule has 0 saturated carbocycles. The van der Waals surface area contributed by atoms with Gasteiger partial charge in [-0.3, -0.25) is 19.7 Å². The molecular formula is C26H26N4O4. The highest BCUT2D eigenvalue weighted by Gasteiger charge is 2.22. The Hall–Kier alpha value is -4.20. The van der Waals surface area contributed by atoms with Gasteiger partial charge >= 0.3 is 0 Å². The molecule has 0 spiro atoms. The van der Waals surface area contributed by atoms with Crippen molar-refractivity contribution < 1.29 is 14.5 Å². The lowest BCUT2D eigenvalue weighted by atomic mass is 9.98. The minimum Gasteiger partial charge on any atom is -0.366 e. The van der Waals surface area contributed by atoms with Crippen molar-refractivity contribution in [3.05, 3.63) is 99.1 Å². The summed E-state index contributed by atoms with van der Waals surface area (Å²) in [7, 11) is 0. The van der Waals surface area contributed by atoms with Gasteiger partial charge < -0.3 is 15.5 Å². The van der Waals surface area contributed by atoms with Gasteiger partial charge in [-0.25, -0.2) is 0 Å². The van der Waals surface area contributed by atoms with Crippen LogP contribution in [-0.2, 0) is 13.0 Å². The van der Waals surface area contributed by atoms with Crippen LogP contribution in [0.25, 0.3) is 0 Å². The maximum atomic E-state index is 13.1. The van der Waals surface area contributed by atoms with Crippen LogP contribution < -0.4 is 15.5 Å². The van der Waals surface area contributed by atoms with Gasteiger partial charge in [-0.1, -0.05) is 30.3 Å². The zero-order valence-corrected chi connectivity index (χ0v) is 19.1. The molecule has 174 valence electrons. The fraction of sp³-hybridized carbons (Fsp3) is 0.231. The largest absolute Gasteiger partial charge is 0.366 e. The van der Waals surface area contributed by atoms with Crippen LogP contribution in [0.15, 0.2) is 66.7 Å². The van der Waals surface area contributed by atoms with Gasteiger partial charge in [0.15, 0.2) is 0 Å². The van der Waals surface area contributed by atoms with E-state index in [0.717, 1.165) is 18.7 Å². The number of carbonyl (C=O) groups excluding carboxylic acids is 2. The molecule has 0 aliphatic carbocycles. The SMILES string of the molecule is CC(C)NC(=O)c1cc(NC(=O)c2cccc([N+](=O)[O-])c2)ccc1N1CCc2ccccc2C1. The number of benzene rings is 3. The number of nitrogens with zero attached hydrogens (tertiary/aromatic N) is 2. The van der Waals surface area contributed by atoms with Crippen molar-refractivity contribution in [2.45, 2.75) is 32.9 Å². The Labute approximate surface area is 197 Å². The Morgan fingerprint density at radius 2 is 1.74 bits per heavy atom. The summed E-state index contributed by atoms with van der Waals surface area (Å²) in [6.45, 7) is 5.25.